The quantitative estimate of drug-likeness (QED) is 0.352. The Labute approximate surface area is 223 Å². The van der Waals surface area contributed by atoms with Crippen LogP contribution < -0.4 is 5.56 Å². The molecular weight excluding hydrogens is 486 g/mol. The average molecular weight is 522 g/mol. The summed E-state index contributed by atoms with van der Waals surface area (Å²) in [5.74, 6) is 1.21. The van der Waals surface area contributed by atoms with Crippen LogP contribution >= 0.6 is 11.6 Å². The minimum Gasteiger partial charge on any atom is -0.444 e. The van der Waals surface area contributed by atoms with E-state index in [2.05, 4.69) is 27.8 Å². The number of likely N-dealkylation sites (tertiary alicyclic amines) is 1. The van der Waals surface area contributed by atoms with Gasteiger partial charge in [-0.3, -0.25) is 9.36 Å². The van der Waals surface area contributed by atoms with Crippen molar-refractivity contribution in [2.75, 3.05) is 13.1 Å². The van der Waals surface area contributed by atoms with E-state index >= 15 is 0 Å². The van der Waals surface area contributed by atoms with Gasteiger partial charge in [0.2, 0.25) is 0 Å². The number of piperidine rings is 1. The van der Waals surface area contributed by atoms with Crippen LogP contribution in [0.25, 0.3) is 16.6 Å². The normalized spacial score (nSPS) is 17.2. The summed E-state index contributed by atoms with van der Waals surface area (Å²) < 4.78 is 7.74. The highest BCUT2D eigenvalue weighted by molar-refractivity contribution is 6.35. The fraction of sp³-hybridized carbons (Fsp3) is 0.500. The molecule has 0 unspecified atom stereocenters. The summed E-state index contributed by atoms with van der Waals surface area (Å²) >= 11 is 6.47. The molecule has 5 rings (SSSR count). The molecule has 0 N–H and O–H groups in total. The molecule has 0 bridgehead atoms. The summed E-state index contributed by atoms with van der Waals surface area (Å²) in [7, 11) is 0. The Balaban J connectivity index is 1.49. The van der Waals surface area contributed by atoms with Crippen molar-refractivity contribution in [2.24, 2.45) is 0 Å². The van der Waals surface area contributed by atoms with Crippen molar-refractivity contribution in [1.82, 2.24) is 14.5 Å². The first-order valence-electron chi connectivity index (χ1n) is 13.5. The molecule has 2 aliphatic heterocycles. The van der Waals surface area contributed by atoms with Gasteiger partial charge in [0.15, 0.2) is 0 Å². The maximum atomic E-state index is 12.9. The van der Waals surface area contributed by atoms with Crippen molar-refractivity contribution in [3.63, 3.8) is 0 Å². The second kappa shape index (κ2) is 10.5. The van der Waals surface area contributed by atoms with Gasteiger partial charge in [-0.25, -0.2) is 4.79 Å². The van der Waals surface area contributed by atoms with Gasteiger partial charge in [0.25, 0.3) is 5.56 Å². The number of hydrogen-bond donors (Lipinski definition) is 0. The van der Waals surface area contributed by atoms with Crippen molar-refractivity contribution in [2.45, 2.75) is 83.7 Å². The van der Waals surface area contributed by atoms with Crippen LogP contribution in [-0.4, -0.2) is 39.2 Å². The van der Waals surface area contributed by atoms with Gasteiger partial charge in [-0.05, 0) is 88.1 Å². The third kappa shape index (κ3) is 5.54. The summed E-state index contributed by atoms with van der Waals surface area (Å²) in [6.07, 6.45) is 7.80. The van der Waals surface area contributed by atoms with Crippen molar-refractivity contribution in [3.8, 4) is 5.69 Å². The van der Waals surface area contributed by atoms with E-state index in [9.17, 15) is 9.59 Å². The molecule has 196 valence electrons. The number of aryl methyl sites for hydroxylation is 2. The zero-order chi connectivity index (χ0) is 26.2. The third-order valence-electron chi connectivity index (χ3n) is 7.49. The smallest absolute Gasteiger partial charge is 0.410 e. The second-order valence-corrected chi connectivity index (χ2v) is 11.8. The fourth-order valence-electron chi connectivity index (χ4n) is 5.66. The monoisotopic (exact) mass is 521 g/mol. The highest BCUT2D eigenvalue weighted by atomic mass is 35.5. The van der Waals surface area contributed by atoms with E-state index in [4.69, 9.17) is 16.3 Å². The summed E-state index contributed by atoms with van der Waals surface area (Å²) in [4.78, 5) is 31.8. The van der Waals surface area contributed by atoms with Crippen molar-refractivity contribution < 1.29 is 9.53 Å². The van der Waals surface area contributed by atoms with Crippen LogP contribution in [-0.2, 0) is 17.6 Å². The lowest BCUT2D eigenvalue weighted by molar-refractivity contribution is 0.0205. The number of rotatable bonds is 1. The Bertz CT molecular complexity index is 1370. The predicted octanol–water partition coefficient (Wildman–Crippen LogP) is 6.81. The Morgan fingerprint density at radius 2 is 1.76 bits per heavy atom. The molecule has 2 aliphatic rings. The molecule has 0 spiro atoms. The molecule has 2 aromatic carbocycles. The highest BCUT2D eigenvalue weighted by Gasteiger charge is 2.28. The average Bonchev–Trinajstić information content (AvgIpc) is 2.85. The van der Waals surface area contributed by atoms with E-state index < -0.39 is 5.60 Å². The fourth-order valence-corrected chi connectivity index (χ4v) is 5.91. The molecule has 6 nitrogen and oxygen atoms in total. The predicted molar refractivity (Wildman–Crippen MR) is 148 cm³/mol. The largest absolute Gasteiger partial charge is 0.444 e. The number of nitrogens with zero attached hydrogens (tertiary/aromatic N) is 3. The lowest BCUT2D eigenvalue weighted by Gasteiger charge is -2.34. The number of aromatic nitrogens is 2. The number of ether oxygens (including phenoxy) is 1. The minimum atomic E-state index is -0.481. The molecule has 1 aromatic heterocycles. The van der Waals surface area contributed by atoms with E-state index in [-0.39, 0.29) is 11.7 Å². The summed E-state index contributed by atoms with van der Waals surface area (Å²) in [6, 6.07) is 12.4. The first-order valence-corrected chi connectivity index (χ1v) is 13.9. The molecule has 1 fully saturated rings. The Morgan fingerprint density at radius 1 is 1.03 bits per heavy atom. The van der Waals surface area contributed by atoms with Gasteiger partial charge >= 0.3 is 6.09 Å². The Hall–Kier alpha value is -2.86. The SMILES string of the molecule is CC(C)(C)OC(=O)N1CCC(c2ccc3c(c2)CCCCCCc2nc(=O)c4c(Cl)cccc4n2-3)CC1. The summed E-state index contributed by atoms with van der Waals surface area (Å²) in [5, 5.41) is 0.923. The first kappa shape index (κ1) is 25.8. The van der Waals surface area contributed by atoms with Crippen molar-refractivity contribution in [1.29, 1.82) is 0 Å². The van der Waals surface area contributed by atoms with Gasteiger partial charge in [-0.15, -0.1) is 0 Å². The number of carbonyl (C=O) groups is 1. The van der Waals surface area contributed by atoms with Gasteiger partial charge < -0.3 is 9.64 Å². The van der Waals surface area contributed by atoms with Gasteiger partial charge in [0.05, 0.1) is 21.6 Å². The molecule has 37 heavy (non-hydrogen) atoms. The molecule has 0 saturated carbocycles. The van der Waals surface area contributed by atoms with E-state index in [1.807, 2.05) is 37.8 Å². The number of hydrogen-bond acceptors (Lipinski definition) is 4. The van der Waals surface area contributed by atoms with Gasteiger partial charge in [0, 0.05) is 19.5 Å². The number of benzene rings is 2. The van der Waals surface area contributed by atoms with Crippen molar-refractivity contribution in [3.05, 3.63) is 68.7 Å². The number of carbonyl (C=O) groups excluding carboxylic acids is 1. The minimum absolute atomic E-state index is 0.222. The van der Waals surface area contributed by atoms with Crippen LogP contribution in [0.5, 0.6) is 0 Å². The zero-order valence-corrected chi connectivity index (χ0v) is 22.8. The van der Waals surface area contributed by atoms with E-state index in [0.717, 1.165) is 62.0 Å². The molecule has 7 heteroatoms. The van der Waals surface area contributed by atoms with Crippen LogP contribution in [0.3, 0.4) is 0 Å². The number of amides is 1. The standard InChI is InChI=1S/C30H36ClN3O3/c1-30(2,3)37-29(36)33-17-15-20(16-18-33)21-13-14-24-22(19-21)9-6-4-5-7-12-26-32-28(35)27-23(31)10-8-11-25(27)34(24)26/h8,10-11,13-14,19-20H,4-7,9,12,15-18H2,1-3H3. The number of fused-ring (bicyclic) bond motifs is 5. The summed E-state index contributed by atoms with van der Waals surface area (Å²) in [5.41, 5.74) is 3.78. The molecular formula is C30H36ClN3O3. The van der Waals surface area contributed by atoms with Gasteiger partial charge in [-0.1, -0.05) is 42.6 Å². The third-order valence-corrected chi connectivity index (χ3v) is 7.81. The van der Waals surface area contributed by atoms with Gasteiger partial charge in [0.1, 0.15) is 11.4 Å². The lowest BCUT2D eigenvalue weighted by Crippen LogP contribution is -2.41. The summed E-state index contributed by atoms with van der Waals surface area (Å²) in [6.45, 7) is 7.11. The maximum absolute atomic E-state index is 12.9. The van der Waals surface area contributed by atoms with Crippen LogP contribution in [0.2, 0.25) is 5.02 Å². The number of halogens is 1. The van der Waals surface area contributed by atoms with E-state index in [1.54, 1.807) is 6.07 Å². The molecule has 1 amide bonds. The Kier molecular flexibility index (Phi) is 7.30. The first-order chi connectivity index (χ1) is 17.7. The van der Waals surface area contributed by atoms with Crippen LogP contribution in [0.15, 0.2) is 41.2 Å². The molecule has 1 saturated heterocycles. The molecule has 0 atom stereocenters. The van der Waals surface area contributed by atoms with Gasteiger partial charge in [-0.2, -0.15) is 4.98 Å². The van der Waals surface area contributed by atoms with Crippen LogP contribution in [0.1, 0.15) is 82.2 Å². The van der Waals surface area contributed by atoms with E-state index in [0.29, 0.717) is 29.4 Å². The molecule has 0 radical (unpaired) electrons. The van der Waals surface area contributed by atoms with Crippen LogP contribution in [0, 0.1) is 0 Å². The van der Waals surface area contributed by atoms with Crippen LogP contribution in [0.4, 0.5) is 4.79 Å². The molecule has 3 heterocycles. The second-order valence-electron chi connectivity index (χ2n) is 11.3. The molecule has 0 aliphatic carbocycles. The topological polar surface area (TPSA) is 64.4 Å². The van der Waals surface area contributed by atoms with Crippen molar-refractivity contribution >= 4 is 28.6 Å². The molecule has 3 aromatic rings. The lowest BCUT2D eigenvalue weighted by atomic mass is 9.87. The highest BCUT2D eigenvalue weighted by Crippen LogP contribution is 2.33. The van der Waals surface area contributed by atoms with E-state index in [1.165, 1.54) is 17.5 Å². The maximum Gasteiger partial charge on any atom is 0.410 e. The Morgan fingerprint density at radius 3 is 2.49 bits per heavy atom. The zero-order valence-electron chi connectivity index (χ0n) is 22.1.